The molecule has 1 saturated heterocycles. The minimum Gasteiger partial charge on any atom is -0.495 e. The zero-order valence-corrected chi connectivity index (χ0v) is 15.2. The summed E-state index contributed by atoms with van der Waals surface area (Å²) in [5.41, 5.74) is 0.682. The Kier molecular flexibility index (Phi) is 4.50. The Morgan fingerprint density at radius 3 is 3.08 bits per heavy atom. The maximum atomic E-state index is 12.4. The van der Waals surface area contributed by atoms with E-state index in [2.05, 4.69) is 10.3 Å². The number of fused-ring (bicyclic) bond motifs is 2. The molecule has 0 unspecified atom stereocenters. The fourth-order valence-electron chi connectivity index (χ4n) is 3.01. The number of hydrogen-bond donors (Lipinski definition) is 1. The van der Waals surface area contributed by atoms with Crippen molar-refractivity contribution in [1.82, 2.24) is 10.3 Å². The van der Waals surface area contributed by atoms with Gasteiger partial charge < -0.3 is 14.8 Å². The third kappa shape index (κ3) is 3.17. The Labute approximate surface area is 153 Å². The van der Waals surface area contributed by atoms with Crippen LogP contribution in [-0.2, 0) is 4.74 Å². The summed E-state index contributed by atoms with van der Waals surface area (Å²) >= 11 is 7.72. The molecule has 1 atom stereocenters. The molecule has 1 fully saturated rings. The zero-order valence-electron chi connectivity index (χ0n) is 13.7. The summed E-state index contributed by atoms with van der Waals surface area (Å²) < 4.78 is 10.8. The molecule has 0 bridgehead atoms. The van der Waals surface area contributed by atoms with Crippen LogP contribution in [0.4, 0.5) is 0 Å². The van der Waals surface area contributed by atoms with E-state index < -0.39 is 0 Å². The molecule has 2 aromatic heterocycles. The van der Waals surface area contributed by atoms with Gasteiger partial charge in [-0.1, -0.05) is 11.6 Å². The smallest absolute Gasteiger partial charge is 0.261 e. The van der Waals surface area contributed by atoms with Crippen molar-refractivity contribution in [3.05, 3.63) is 34.2 Å². The number of aromatic nitrogens is 1. The molecule has 5 nitrogen and oxygen atoms in total. The lowest BCUT2D eigenvalue weighted by Gasteiger charge is -2.09. The quantitative estimate of drug-likeness (QED) is 0.747. The average Bonchev–Trinajstić information content (AvgIpc) is 3.28. The molecular formula is C18H17ClN2O3S. The van der Waals surface area contributed by atoms with Crippen molar-refractivity contribution in [2.24, 2.45) is 0 Å². The first-order chi connectivity index (χ1) is 12.2. The molecule has 0 spiro atoms. The number of amides is 1. The van der Waals surface area contributed by atoms with Crippen LogP contribution in [0.2, 0.25) is 5.02 Å². The Morgan fingerprint density at radius 1 is 1.44 bits per heavy atom. The molecule has 4 rings (SSSR count). The lowest BCUT2D eigenvalue weighted by Crippen LogP contribution is -2.31. The summed E-state index contributed by atoms with van der Waals surface area (Å²) in [6.07, 6.45) is 2.19. The number of benzene rings is 1. The van der Waals surface area contributed by atoms with Crippen LogP contribution in [0, 0.1) is 0 Å². The minimum absolute atomic E-state index is 0.0915. The van der Waals surface area contributed by atoms with E-state index in [9.17, 15) is 4.79 Å². The second kappa shape index (κ2) is 6.78. The van der Waals surface area contributed by atoms with Gasteiger partial charge in [0.25, 0.3) is 5.91 Å². The number of carbonyl (C=O) groups excluding carboxylic acids is 1. The summed E-state index contributed by atoms with van der Waals surface area (Å²) in [7, 11) is 1.58. The molecule has 1 aliphatic rings. The predicted octanol–water partition coefficient (Wildman–Crippen LogP) is 4.02. The second-order valence-electron chi connectivity index (χ2n) is 5.99. The van der Waals surface area contributed by atoms with Gasteiger partial charge in [-0.25, -0.2) is 4.98 Å². The monoisotopic (exact) mass is 376 g/mol. The largest absolute Gasteiger partial charge is 0.495 e. The Bertz CT molecular complexity index is 950. The SMILES string of the molecule is COc1ccc2cc3cc(C(=O)NC[C@H]4CCCO4)sc3nc2c1Cl. The molecule has 7 heteroatoms. The van der Waals surface area contributed by atoms with Crippen molar-refractivity contribution in [3.63, 3.8) is 0 Å². The fraction of sp³-hybridized carbons (Fsp3) is 0.333. The highest BCUT2D eigenvalue weighted by Gasteiger charge is 2.18. The fourth-order valence-corrected chi connectivity index (χ4v) is 4.24. The van der Waals surface area contributed by atoms with Gasteiger partial charge in [0.05, 0.1) is 23.6 Å². The maximum absolute atomic E-state index is 12.4. The van der Waals surface area contributed by atoms with Gasteiger partial charge in [-0.2, -0.15) is 0 Å². The van der Waals surface area contributed by atoms with E-state index in [1.54, 1.807) is 7.11 Å². The van der Waals surface area contributed by atoms with Gasteiger partial charge in [-0.05, 0) is 37.1 Å². The van der Waals surface area contributed by atoms with E-state index in [0.29, 0.717) is 27.7 Å². The van der Waals surface area contributed by atoms with Crippen molar-refractivity contribution in [1.29, 1.82) is 0 Å². The first-order valence-corrected chi connectivity index (χ1v) is 9.32. The third-order valence-electron chi connectivity index (χ3n) is 4.33. The van der Waals surface area contributed by atoms with Gasteiger partial charge >= 0.3 is 0 Å². The van der Waals surface area contributed by atoms with E-state index in [1.807, 2.05) is 24.3 Å². The Balaban J connectivity index is 1.63. The van der Waals surface area contributed by atoms with Crippen molar-refractivity contribution < 1.29 is 14.3 Å². The van der Waals surface area contributed by atoms with E-state index in [1.165, 1.54) is 11.3 Å². The minimum atomic E-state index is -0.0915. The Morgan fingerprint density at radius 2 is 2.32 bits per heavy atom. The number of nitrogens with zero attached hydrogens (tertiary/aromatic N) is 1. The van der Waals surface area contributed by atoms with E-state index >= 15 is 0 Å². The zero-order chi connectivity index (χ0) is 17.4. The second-order valence-corrected chi connectivity index (χ2v) is 7.40. The normalized spacial score (nSPS) is 17.3. The van der Waals surface area contributed by atoms with Crippen LogP contribution < -0.4 is 10.1 Å². The third-order valence-corrected chi connectivity index (χ3v) is 5.74. The number of ether oxygens (including phenoxy) is 2. The number of methoxy groups -OCH3 is 1. The molecule has 0 aliphatic carbocycles. The van der Waals surface area contributed by atoms with Crippen molar-refractivity contribution >= 4 is 50.0 Å². The number of hydrogen-bond acceptors (Lipinski definition) is 5. The molecule has 25 heavy (non-hydrogen) atoms. The molecule has 1 aromatic carbocycles. The molecule has 0 saturated carbocycles. The molecular weight excluding hydrogens is 360 g/mol. The molecule has 130 valence electrons. The van der Waals surface area contributed by atoms with Crippen molar-refractivity contribution in [2.75, 3.05) is 20.3 Å². The van der Waals surface area contributed by atoms with Crippen LogP contribution in [0.3, 0.4) is 0 Å². The van der Waals surface area contributed by atoms with E-state index in [0.717, 1.165) is 35.1 Å². The summed E-state index contributed by atoms with van der Waals surface area (Å²) in [6, 6.07) is 7.60. The van der Waals surface area contributed by atoms with Gasteiger partial charge in [-0.15, -0.1) is 11.3 Å². The highest BCUT2D eigenvalue weighted by Crippen LogP contribution is 2.35. The average molecular weight is 377 g/mol. The predicted molar refractivity (Wildman–Crippen MR) is 100.0 cm³/mol. The van der Waals surface area contributed by atoms with Crippen molar-refractivity contribution in [3.8, 4) is 5.75 Å². The summed E-state index contributed by atoms with van der Waals surface area (Å²) in [4.78, 5) is 18.5. The summed E-state index contributed by atoms with van der Waals surface area (Å²) in [5.74, 6) is 0.498. The van der Waals surface area contributed by atoms with Gasteiger partial charge in [-0.3, -0.25) is 4.79 Å². The first-order valence-electron chi connectivity index (χ1n) is 8.12. The maximum Gasteiger partial charge on any atom is 0.261 e. The Hall–Kier alpha value is -1.89. The van der Waals surface area contributed by atoms with Gasteiger partial charge in [0, 0.05) is 23.9 Å². The van der Waals surface area contributed by atoms with Crippen LogP contribution in [-0.4, -0.2) is 37.3 Å². The standard InChI is InChI=1S/C18H17ClN2O3S/c1-23-13-5-4-10-7-11-8-14(25-18(11)21-16(10)15(13)19)17(22)20-9-12-3-2-6-24-12/h4-5,7-8,12H,2-3,6,9H2,1H3,(H,20,22)/t12-/m1/s1. The lowest BCUT2D eigenvalue weighted by atomic mass is 10.2. The number of carbonyl (C=O) groups is 1. The number of nitrogens with one attached hydrogen (secondary N) is 1. The first kappa shape index (κ1) is 16.6. The highest BCUT2D eigenvalue weighted by molar-refractivity contribution is 7.20. The van der Waals surface area contributed by atoms with Crippen LogP contribution in [0.15, 0.2) is 24.3 Å². The summed E-state index contributed by atoms with van der Waals surface area (Å²) in [6.45, 7) is 1.33. The van der Waals surface area contributed by atoms with Crippen LogP contribution in [0.5, 0.6) is 5.75 Å². The van der Waals surface area contributed by atoms with Crippen LogP contribution in [0.25, 0.3) is 21.1 Å². The molecule has 1 aliphatic heterocycles. The number of pyridine rings is 1. The van der Waals surface area contributed by atoms with Gasteiger partial charge in [0.2, 0.25) is 0 Å². The number of thiophene rings is 1. The summed E-state index contributed by atoms with van der Waals surface area (Å²) in [5, 5.41) is 5.28. The van der Waals surface area contributed by atoms with E-state index in [-0.39, 0.29) is 12.0 Å². The number of rotatable bonds is 4. The molecule has 0 radical (unpaired) electrons. The van der Waals surface area contributed by atoms with E-state index in [4.69, 9.17) is 21.1 Å². The van der Waals surface area contributed by atoms with Crippen molar-refractivity contribution in [2.45, 2.75) is 18.9 Å². The lowest BCUT2D eigenvalue weighted by molar-refractivity contribution is 0.0861. The van der Waals surface area contributed by atoms with Crippen LogP contribution in [0.1, 0.15) is 22.5 Å². The molecule has 3 heterocycles. The molecule has 1 amide bonds. The number of halogens is 1. The molecule has 1 N–H and O–H groups in total. The molecule has 3 aromatic rings. The van der Waals surface area contributed by atoms with Gasteiger partial charge in [0.15, 0.2) is 0 Å². The van der Waals surface area contributed by atoms with Gasteiger partial charge in [0.1, 0.15) is 15.6 Å². The van der Waals surface area contributed by atoms with Crippen LogP contribution >= 0.6 is 22.9 Å². The topological polar surface area (TPSA) is 60.5 Å². The highest BCUT2D eigenvalue weighted by atomic mass is 35.5.